The molecule has 31 heavy (non-hydrogen) atoms. The molecule has 0 atom stereocenters. The summed E-state index contributed by atoms with van der Waals surface area (Å²) in [4.78, 5) is 24.4. The molecule has 2 aromatic carbocycles. The molecule has 0 spiro atoms. The second-order valence-electron chi connectivity index (χ2n) is 7.23. The van der Waals surface area contributed by atoms with Crippen molar-refractivity contribution in [2.24, 2.45) is 5.92 Å². The van der Waals surface area contributed by atoms with E-state index in [-0.39, 0.29) is 41.3 Å². The molecule has 1 heterocycles. The van der Waals surface area contributed by atoms with Gasteiger partial charge in [-0.3, -0.25) is 4.79 Å². The molecule has 1 aliphatic heterocycles. The van der Waals surface area contributed by atoms with Gasteiger partial charge < -0.3 is 10.1 Å². The van der Waals surface area contributed by atoms with E-state index in [1.165, 1.54) is 23.5 Å². The number of benzene rings is 2. The first-order valence-electron chi connectivity index (χ1n) is 9.60. The predicted molar refractivity (Wildman–Crippen MR) is 120 cm³/mol. The van der Waals surface area contributed by atoms with Gasteiger partial charge in [-0.1, -0.05) is 35.3 Å². The first-order chi connectivity index (χ1) is 14.7. The van der Waals surface area contributed by atoms with Gasteiger partial charge in [-0.15, -0.1) is 0 Å². The minimum atomic E-state index is -3.49. The molecule has 0 unspecified atom stereocenters. The van der Waals surface area contributed by atoms with E-state index in [0.717, 1.165) is 0 Å². The lowest BCUT2D eigenvalue weighted by Crippen LogP contribution is -2.41. The van der Waals surface area contributed by atoms with Crippen LogP contribution in [0.4, 0.5) is 5.69 Å². The third kappa shape index (κ3) is 5.98. The Bertz CT molecular complexity index is 1070. The summed E-state index contributed by atoms with van der Waals surface area (Å²) < 4.78 is 31.5. The molecule has 1 amide bonds. The van der Waals surface area contributed by atoms with Crippen LogP contribution in [0, 0.1) is 5.92 Å². The summed E-state index contributed by atoms with van der Waals surface area (Å²) >= 11 is 11.8. The topological polar surface area (TPSA) is 92.8 Å². The number of anilines is 1. The van der Waals surface area contributed by atoms with E-state index >= 15 is 0 Å². The third-order valence-corrected chi connectivity index (χ3v) is 7.55. The zero-order valence-corrected chi connectivity index (χ0v) is 19.1. The highest BCUT2D eigenvalue weighted by Gasteiger charge is 2.31. The number of sulfonamides is 1. The fourth-order valence-electron chi connectivity index (χ4n) is 3.39. The maximum Gasteiger partial charge on any atom is 0.339 e. The van der Waals surface area contributed by atoms with Crippen LogP contribution in [0.1, 0.15) is 28.8 Å². The van der Waals surface area contributed by atoms with Gasteiger partial charge in [-0.2, -0.15) is 0 Å². The molecule has 0 saturated carbocycles. The monoisotopic (exact) mass is 484 g/mol. The van der Waals surface area contributed by atoms with Crippen molar-refractivity contribution in [3.63, 3.8) is 0 Å². The van der Waals surface area contributed by atoms with Gasteiger partial charge in [0.2, 0.25) is 15.9 Å². The Morgan fingerprint density at radius 1 is 1.10 bits per heavy atom. The van der Waals surface area contributed by atoms with E-state index in [1.54, 1.807) is 30.3 Å². The van der Waals surface area contributed by atoms with Gasteiger partial charge in [-0.25, -0.2) is 17.5 Å². The molecule has 0 radical (unpaired) electrons. The van der Waals surface area contributed by atoms with Gasteiger partial charge in [0.15, 0.2) is 0 Å². The predicted octanol–water partition coefficient (Wildman–Crippen LogP) is 3.96. The standard InChI is InChI=1S/C21H22Cl2N2O5S/c1-30-21(27)18-12-17(6-7-19(18)23)24-20(26)15-8-10-25(11-9-15)31(28,29)13-14-2-4-16(22)5-3-14/h2-7,12,15H,8-11,13H2,1H3,(H,24,26). The largest absolute Gasteiger partial charge is 0.465 e. The van der Waals surface area contributed by atoms with Crippen LogP contribution >= 0.6 is 23.2 Å². The SMILES string of the molecule is COC(=O)c1cc(NC(=O)C2CCN(S(=O)(=O)Cc3ccc(Cl)cc3)CC2)ccc1Cl. The summed E-state index contributed by atoms with van der Waals surface area (Å²) in [5.74, 6) is -1.27. The number of nitrogens with zero attached hydrogens (tertiary/aromatic N) is 1. The molecule has 3 rings (SSSR count). The highest BCUT2D eigenvalue weighted by Crippen LogP contribution is 2.25. The number of amides is 1. The lowest BCUT2D eigenvalue weighted by molar-refractivity contribution is -0.120. The number of hydrogen-bond acceptors (Lipinski definition) is 5. The van der Waals surface area contributed by atoms with Crippen molar-refractivity contribution in [3.8, 4) is 0 Å². The second-order valence-corrected chi connectivity index (χ2v) is 10.0. The van der Waals surface area contributed by atoms with Gasteiger partial charge in [0.1, 0.15) is 0 Å². The summed E-state index contributed by atoms with van der Waals surface area (Å²) in [6.07, 6.45) is 0.812. The number of halogens is 2. The van der Waals surface area contributed by atoms with E-state index in [2.05, 4.69) is 10.1 Å². The minimum Gasteiger partial charge on any atom is -0.465 e. The Hall–Kier alpha value is -2.13. The Labute approximate surface area is 191 Å². The maximum absolute atomic E-state index is 12.7. The number of rotatable bonds is 6. The van der Waals surface area contributed by atoms with Crippen LogP contribution in [0.15, 0.2) is 42.5 Å². The van der Waals surface area contributed by atoms with Crippen LogP contribution in [-0.2, 0) is 25.3 Å². The smallest absolute Gasteiger partial charge is 0.339 e. The van der Waals surface area contributed by atoms with Crippen LogP contribution in [0.3, 0.4) is 0 Å². The molecule has 10 heteroatoms. The molecule has 1 saturated heterocycles. The first-order valence-corrected chi connectivity index (χ1v) is 12.0. The molecule has 0 aliphatic carbocycles. The third-order valence-electron chi connectivity index (χ3n) is 5.12. The number of carbonyl (C=O) groups is 2. The number of esters is 1. The van der Waals surface area contributed by atoms with Crippen LogP contribution in [0.5, 0.6) is 0 Å². The molecule has 1 fully saturated rings. The number of hydrogen-bond donors (Lipinski definition) is 1. The average Bonchev–Trinajstić information content (AvgIpc) is 2.76. The van der Waals surface area contributed by atoms with Gasteiger partial charge in [-0.05, 0) is 48.7 Å². The molecule has 166 valence electrons. The summed E-state index contributed by atoms with van der Waals surface area (Å²) in [5.41, 5.74) is 1.24. The molecule has 7 nitrogen and oxygen atoms in total. The number of ether oxygens (including phenoxy) is 1. The molecule has 0 aromatic heterocycles. The fourth-order valence-corrected chi connectivity index (χ4v) is 5.28. The van der Waals surface area contributed by atoms with Crippen molar-refractivity contribution < 1.29 is 22.7 Å². The van der Waals surface area contributed by atoms with E-state index in [9.17, 15) is 18.0 Å². The lowest BCUT2D eigenvalue weighted by Gasteiger charge is -2.30. The highest BCUT2D eigenvalue weighted by molar-refractivity contribution is 7.88. The number of carbonyl (C=O) groups excluding carboxylic acids is 2. The molecular weight excluding hydrogens is 463 g/mol. The Morgan fingerprint density at radius 2 is 1.74 bits per heavy atom. The van der Waals surface area contributed by atoms with E-state index in [0.29, 0.717) is 29.1 Å². The average molecular weight is 485 g/mol. The molecular formula is C21H22Cl2N2O5S. The highest BCUT2D eigenvalue weighted by atomic mass is 35.5. The van der Waals surface area contributed by atoms with Crippen molar-refractivity contribution in [3.05, 3.63) is 63.6 Å². The van der Waals surface area contributed by atoms with Crippen molar-refractivity contribution in [2.75, 3.05) is 25.5 Å². The summed E-state index contributed by atoms with van der Waals surface area (Å²) in [6.45, 7) is 0.532. The van der Waals surface area contributed by atoms with Crippen molar-refractivity contribution in [1.82, 2.24) is 4.31 Å². The van der Waals surface area contributed by atoms with E-state index in [4.69, 9.17) is 23.2 Å². The summed E-state index contributed by atoms with van der Waals surface area (Å²) in [6, 6.07) is 11.3. The van der Waals surface area contributed by atoms with Gasteiger partial charge in [0, 0.05) is 29.7 Å². The Balaban J connectivity index is 1.58. The fraction of sp³-hybridized carbons (Fsp3) is 0.333. The number of nitrogens with one attached hydrogen (secondary N) is 1. The Kier molecular flexibility index (Phi) is 7.59. The number of piperidine rings is 1. The minimum absolute atomic E-state index is 0.109. The van der Waals surface area contributed by atoms with Crippen molar-refractivity contribution in [1.29, 1.82) is 0 Å². The van der Waals surface area contributed by atoms with Gasteiger partial charge in [0.05, 0.1) is 23.4 Å². The summed E-state index contributed by atoms with van der Waals surface area (Å²) in [5, 5.41) is 3.55. The second kappa shape index (κ2) is 9.99. The quantitative estimate of drug-likeness (QED) is 0.626. The molecule has 1 aliphatic rings. The molecule has 1 N–H and O–H groups in total. The number of methoxy groups -OCH3 is 1. The Morgan fingerprint density at radius 3 is 2.35 bits per heavy atom. The maximum atomic E-state index is 12.7. The van der Waals surface area contributed by atoms with Crippen molar-refractivity contribution in [2.45, 2.75) is 18.6 Å². The summed E-state index contributed by atoms with van der Waals surface area (Å²) in [7, 11) is -2.24. The normalized spacial score (nSPS) is 15.5. The van der Waals surface area contributed by atoms with Crippen LogP contribution in [0.25, 0.3) is 0 Å². The van der Waals surface area contributed by atoms with E-state index in [1.807, 2.05) is 0 Å². The van der Waals surface area contributed by atoms with Gasteiger partial charge in [0.25, 0.3) is 0 Å². The lowest BCUT2D eigenvalue weighted by atomic mass is 9.97. The van der Waals surface area contributed by atoms with Crippen LogP contribution in [-0.4, -0.2) is 44.8 Å². The van der Waals surface area contributed by atoms with Gasteiger partial charge >= 0.3 is 5.97 Å². The van der Waals surface area contributed by atoms with Crippen LogP contribution in [0.2, 0.25) is 10.0 Å². The van der Waals surface area contributed by atoms with Crippen molar-refractivity contribution >= 4 is 50.8 Å². The zero-order valence-electron chi connectivity index (χ0n) is 16.8. The molecule has 0 bridgehead atoms. The zero-order chi connectivity index (χ0) is 22.6. The first kappa shape index (κ1) is 23.5. The van der Waals surface area contributed by atoms with E-state index < -0.39 is 16.0 Å². The molecule has 2 aromatic rings. The van der Waals surface area contributed by atoms with Crippen LogP contribution < -0.4 is 5.32 Å².